The van der Waals surface area contributed by atoms with Gasteiger partial charge in [0.25, 0.3) is 0 Å². The number of nitrogens with two attached hydrogens (primary N) is 2. The molecule has 0 atom stereocenters. The predicted molar refractivity (Wildman–Crippen MR) is 121 cm³/mol. The van der Waals surface area contributed by atoms with Crippen molar-refractivity contribution in [3.63, 3.8) is 0 Å². The summed E-state index contributed by atoms with van der Waals surface area (Å²) in [4.78, 5) is 34.1. The number of guanidine groups is 1. The normalized spacial score (nSPS) is 14.2. The third-order valence-corrected chi connectivity index (χ3v) is 5.50. The molecule has 2 aromatic rings. The standard InChI is InChI=1S/C21H31N7O3/c1-31-17-9-7-16(8-10-17)14-28-20(29)26-19(25-12-11-24-18(22)23)27(21(28)30)13-15-5-3-2-4-6-15/h7-10,15H,2-6,11-14H2,1H3,(H4,22,23,24)(H,25,26,29). The van der Waals surface area contributed by atoms with E-state index in [4.69, 9.17) is 16.2 Å². The van der Waals surface area contributed by atoms with E-state index in [0.29, 0.717) is 31.3 Å². The molecule has 1 aliphatic carbocycles. The molecule has 3 rings (SSSR count). The van der Waals surface area contributed by atoms with Crippen LogP contribution in [0.25, 0.3) is 0 Å². The van der Waals surface area contributed by atoms with Gasteiger partial charge < -0.3 is 21.5 Å². The third kappa shape index (κ3) is 6.09. The highest BCUT2D eigenvalue weighted by Gasteiger charge is 2.19. The van der Waals surface area contributed by atoms with Crippen LogP contribution in [-0.4, -0.2) is 40.3 Å². The van der Waals surface area contributed by atoms with Gasteiger partial charge in [0, 0.05) is 13.1 Å². The fraction of sp³-hybridized carbons (Fsp3) is 0.524. The average molecular weight is 430 g/mol. The van der Waals surface area contributed by atoms with Gasteiger partial charge in [-0.2, -0.15) is 4.98 Å². The molecule has 31 heavy (non-hydrogen) atoms. The monoisotopic (exact) mass is 429 g/mol. The Kier molecular flexibility index (Phi) is 7.69. The number of hydrogen-bond acceptors (Lipinski definition) is 6. The Morgan fingerprint density at radius 1 is 1.16 bits per heavy atom. The summed E-state index contributed by atoms with van der Waals surface area (Å²) in [5, 5.41) is 3.05. The fourth-order valence-electron chi connectivity index (χ4n) is 3.86. The van der Waals surface area contributed by atoms with Crippen LogP contribution in [0.3, 0.4) is 0 Å². The maximum absolute atomic E-state index is 13.3. The van der Waals surface area contributed by atoms with Crippen LogP contribution in [0.5, 0.6) is 5.75 Å². The third-order valence-electron chi connectivity index (χ3n) is 5.50. The highest BCUT2D eigenvalue weighted by Crippen LogP contribution is 2.25. The van der Waals surface area contributed by atoms with E-state index in [0.717, 1.165) is 31.2 Å². The number of ether oxygens (including phenoxy) is 1. The van der Waals surface area contributed by atoms with Gasteiger partial charge in [-0.25, -0.2) is 14.2 Å². The van der Waals surface area contributed by atoms with Gasteiger partial charge in [0.1, 0.15) is 5.75 Å². The first-order valence-electron chi connectivity index (χ1n) is 10.6. The molecule has 1 aliphatic rings. The number of nitrogens with zero attached hydrogens (tertiary/aromatic N) is 4. The van der Waals surface area contributed by atoms with Crippen molar-refractivity contribution in [2.45, 2.75) is 45.2 Å². The van der Waals surface area contributed by atoms with Crippen LogP contribution < -0.4 is 32.9 Å². The number of methoxy groups -OCH3 is 1. The van der Waals surface area contributed by atoms with Crippen molar-refractivity contribution >= 4 is 11.9 Å². The lowest BCUT2D eigenvalue weighted by atomic mass is 9.89. The number of rotatable bonds is 9. The minimum absolute atomic E-state index is 0.00994. The topological polar surface area (TPSA) is 143 Å². The zero-order valence-corrected chi connectivity index (χ0v) is 17.9. The number of anilines is 1. The van der Waals surface area contributed by atoms with Gasteiger partial charge in [0.05, 0.1) is 20.2 Å². The van der Waals surface area contributed by atoms with Crippen molar-refractivity contribution in [3.05, 3.63) is 50.8 Å². The molecule has 1 heterocycles. The van der Waals surface area contributed by atoms with Crippen molar-refractivity contribution in [1.29, 1.82) is 0 Å². The van der Waals surface area contributed by atoms with Gasteiger partial charge in [-0.1, -0.05) is 31.4 Å². The molecule has 1 aromatic heterocycles. The Labute approximate surface area is 181 Å². The van der Waals surface area contributed by atoms with Gasteiger partial charge in [-0.3, -0.25) is 9.56 Å². The molecular formula is C21H31N7O3. The number of nitrogens with one attached hydrogen (secondary N) is 1. The molecule has 1 fully saturated rings. The first-order chi connectivity index (χ1) is 15.0. The summed E-state index contributed by atoms with van der Waals surface area (Å²) < 4.78 is 7.92. The van der Waals surface area contributed by atoms with Crippen molar-refractivity contribution in [2.75, 3.05) is 25.5 Å². The predicted octanol–water partition coefficient (Wildman–Crippen LogP) is 0.728. The van der Waals surface area contributed by atoms with E-state index in [1.54, 1.807) is 23.8 Å². The minimum atomic E-state index is -0.593. The van der Waals surface area contributed by atoms with Crippen molar-refractivity contribution < 1.29 is 4.74 Å². The second-order valence-corrected chi connectivity index (χ2v) is 7.78. The van der Waals surface area contributed by atoms with Gasteiger partial charge in [0.2, 0.25) is 5.95 Å². The average Bonchev–Trinajstić information content (AvgIpc) is 2.77. The quantitative estimate of drug-likeness (QED) is 0.303. The molecule has 10 nitrogen and oxygen atoms in total. The maximum Gasteiger partial charge on any atom is 0.355 e. The van der Waals surface area contributed by atoms with Crippen LogP contribution in [0.15, 0.2) is 38.8 Å². The van der Waals surface area contributed by atoms with E-state index < -0.39 is 5.69 Å². The summed E-state index contributed by atoms with van der Waals surface area (Å²) in [6.07, 6.45) is 5.68. The molecule has 0 aliphatic heterocycles. The van der Waals surface area contributed by atoms with Crippen LogP contribution >= 0.6 is 0 Å². The Morgan fingerprint density at radius 2 is 1.87 bits per heavy atom. The summed E-state index contributed by atoms with van der Waals surface area (Å²) in [7, 11) is 1.59. The zero-order chi connectivity index (χ0) is 22.2. The van der Waals surface area contributed by atoms with Crippen molar-refractivity contribution in [1.82, 2.24) is 14.1 Å². The smallest absolute Gasteiger partial charge is 0.355 e. The summed E-state index contributed by atoms with van der Waals surface area (Å²) in [6, 6.07) is 7.26. The lowest BCUT2D eigenvalue weighted by molar-refractivity contribution is 0.311. The van der Waals surface area contributed by atoms with Crippen molar-refractivity contribution in [3.8, 4) is 5.75 Å². The minimum Gasteiger partial charge on any atom is -0.497 e. The highest BCUT2D eigenvalue weighted by atomic mass is 16.5. The van der Waals surface area contributed by atoms with Gasteiger partial charge in [-0.15, -0.1) is 0 Å². The molecule has 0 unspecified atom stereocenters. The molecule has 0 spiro atoms. The molecule has 0 saturated heterocycles. The van der Waals surface area contributed by atoms with E-state index in [1.807, 2.05) is 12.1 Å². The molecule has 0 amide bonds. The number of hydrogen-bond donors (Lipinski definition) is 3. The lowest BCUT2D eigenvalue weighted by Crippen LogP contribution is -2.44. The lowest BCUT2D eigenvalue weighted by Gasteiger charge is -2.24. The summed E-state index contributed by atoms with van der Waals surface area (Å²) in [6.45, 7) is 1.35. The van der Waals surface area contributed by atoms with E-state index in [-0.39, 0.29) is 24.1 Å². The molecule has 1 saturated carbocycles. The SMILES string of the molecule is COc1ccc(Cn2c(=O)nc(NCCN=C(N)N)n(CC3CCCCC3)c2=O)cc1. The van der Waals surface area contributed by atoms with Crippen LogP contribution in [0.2, 0.25) is 0 Å². The van der Waals surface area contributed by atoms with E-state index in [9.17, 15) is 9.59 Å². The van der Waals surface area contributed by atoms with Gasteiger partial charge >= 0.3 is 11.4 Å². The van der Waals surface area contributed by atoms with Gasteiger partial charge in [0.15, 0.2) is 5.96 Å². The molecular weight excluding hydrogens is 398 g/mol. The molecule has 0 bridgehead atoms. The van der Waals surface area contributed by atoms with Crippen LogP contribution in [0, 0.1) is 5.92 Å². The maximum atomic E-state index is 13.3. The molecule has 1 aromatic carbocycles. The van der Waals surface area contributed by atoms with E-state index in [2.05, 4.69) is 15.3 Å². The van der Waals surface area contributed by atoms with E-state index >= 15 is 0 Å². The second kappa shape index (κ2) is 10.6. The summed E-state index contributed by atoms with van der Waals surface area (Å²) in [5.74, 6) is 1.35. The first kappa shape index (κ1) is 22.4. The van der Waals surface area contributed by atoms with Gasteiger partial charge in [-0.05, 0) is 36.5 Å². The molecule has 0 radical (unpaired) electrons. The second-order valence-electron chi connectivity index (χ2n) is 7.78. The first-order valence-corrected chi connectivity index (χ1v) is 10.6. The molecule has 5 N–H and O–H groups in total. The number of aliphatic imine (C=N–C) groups is 1. The molecule has 168 valence electrons. The van der Waals surface area contributed by atoms with Crippen LogP contribution in [0.4, 0.5) is 5.95 Å². The fourth-order valence-corrected chi connectivity index (χ4v) is 3.86. The summed E-state index contributed by atoms with van der Waals surface area (Å²) in [5.41, 5.74) is 10.6. The Hall–Kier alpha value is -3.30. The highest BCUT2D eigenvalue weighted by molar-refractivity contribution is 5.75. The van der Waals surface area contributed by atoms with Crippen molar-refractivity contribution in [2.24, 2.45) is 22.4 Å². The Bertz CT molecular complexity index is 1000. The van der Waals surface area contributed by atoms with Crippen LogP contribution in [0.1, 0.15) is 37.7 Å². The Morgan fingerprint density at radius 3 is 2.52 bits per heavy atom. The van der Waals surface area contributed by atoms with E-state index in [1.165, 1.54) is 11.0 Å². The zero-order valence-electron chi connectivity index (χ0n) is 17.9. The Balaban J connectivity index is 1.89. The molecule has 10 heteroatoms. The summed E-state index contributed by atoms with van der Waals surface area (Å²) >= 11 is 0. The van der Waals surface area contributed by atoms with Crippen LogP contribution in [-0.2, 0) is 13.1 Å². The number of aromatic nitrogens is 3. The largest absolute Gasteiger partial charge is 0.497 e. The number of benzene rings is 1.